The number of rotatable bonds is 7. The maximum Gasteiger partial charge on any atom is 0.244 e. The summed E-state index contributed by atoms with van der Waals surface area (Å²) in [7, 11) is -3.56. The topological polar surface area (TPSA) is 79.8 Å². The maximum atomic E-state index is 13.3. The number of nitrogens with zero attached hydrogens (tertiary/aromatic N) is 3. The van der Waals surface area contributed by atoms with E-state index in [1.54, 1.807) is 29.7 Å². The van der Waals surface area contributed by atoms with Crippen molar-refractivity contribution in [2.75, 3.05) is 26.2 Å². The van der Waals surface area contributed by atoms with Crippen LogP contribution in [-0.2, 0) is 26.1 Å². The van der Waals surface area contributed by atoms with Crippen molar-refractivity contribution < 1.29 is 17.9 Å². The monoisotopic (exact) mass is 449 g/mol. The van der Waals surface area contributed by atoms with Gasteiger partial charge < -0.3 is 9.64 Å². The smallest absolute Gasteiger partial charge is 0.244 e. The lowest BCUT2D eigenvalue weighted by atomic mass is 9.96. The van der Waals surface area contributed by atoms with Crippen molar-refractivity contribution in [3.8, 4) is 0 Å². The molecule has 7 nitrogen and oxygen atoms in total. The summed E-state index contributed by atoms with van der Waals surface area (Å²) in [5.74, 6) is -0.0518. The molecule has 9 heteroatoms. The van der Waals surface area contributed by atoms with Crippen LogP contribution in [0.15, 0.2) is 46.9 Å². The first-order valence-corrected chi connectivity index (χ1v) is 12.7. The van der Waals surface area contributed by atoms with Crippen LogP contribution in [0.2, 0.25) is 0 Å². The highest BCUT2D eigenvalue weighted by molar-refractivity contribution is 7.89. The first kappa shape index (κ1) is 21.4. The van der Waals surface area contributed by atoms with Crippen LogP contribution < -0.4 is 0 Å². The first-order chi connectivity index (χ1) is 14.5. The van der Waals surface area contributed by atoms with Crippen LogP contribution in [0.5, 0.6) is 0 Å². The molecule has 2 aromatic rings. The van der Waals surface area contributed by atoms with E-state index in [4.69, 9.17) is 4.74 Å². The number of hydrogen-bond acceptors (Lipinski definition) is 6. The molecule has 0 saturated carbocycles. The van der Waals surface area contributed by atoms with Gasteiger partial charge in [-0.3, -0.25) is 9.78 Å². The number of amides is 1. The molecule has 0 N–H and O–H groups in total. The molecule has 2 aromatic heterocycles. The van der Waals surface area contributed by atoms with E-state index in [2.05, 4.69) is 4.98 Å². The fourth-order valence-corrected chi connectivity index (χ4v) is 6.26. The van der Waals surface area contributed by atoms with Gasteiger partial charge in [0.2, 0.25) is 15.9 Å². The Morgan fingerprint density at radius 3 is 2.70 bits per heavy atom. The third-order valence-electron chi connectivity index (χ3n) is 5.76. The minimum absolute atomic E-state index is 0.0972. The summed E-state index contributed by atoms with van der Waals surface area (Å²) in [5.41, 5.74) is 0. The van der Waals surface area contributed by atoms with E-state index in [9.17, 15) is 13.2 Å². The number of piperidine rings is 1. The fraction of sp³-hybridized carbons (Fsp3) is 0.524. The van der Waals surface area contributed by atoms with Gasteiger partial charge in [0, 0.05) is 49.4 Å². The number of carbonyl (C=O) groups excluding carboxylic acids is 1. The van der Waals surface area contributed by atoms with Crippen molar-refractivity contribution in [2.45, 2.75) is 43.2 Å². The van der Waals surface area contributed by atoms with E-state index in [0.29, 0.717) is 39.0 Å². The van der Waals surface area contributed by atoms with Crippen molar-refractivity contribution >= 4 is 27.3 Å². The minimum atomic E-state index is -3.56. The third kappa shape index (κ3) is 4.91. The largest absolute Gasteiger partial charge is 0.376 e. The van der Waals surface area contributed by atoms with Gasteiger partial charge in [-0.05, 0) is 49.3 Å². The molecule has 30 heavy (non-hydrogen) atoms. The molecular formula is C21H27N3O4S2. The Morgan fingerprint density at radius 2 is 2.07 bits per heavy atom. The summed E-state index contributed by atoms with van der Waals surface area (Å²) in [6.45, 7) is 2.65. The van der Waals surface area contributed by atoms with E-state index in [-0.39, 0.29) is 22.8 Å². The Morgan fingerprint density at radius 1 is 1.23 bits per heavy atom. The normalized spacial score (nSPS) is 21.0. The molecular weight excluding hydrogens is 422 g/mol. The average Bonchev–Trinajstić information content (AvgIpc) is 3.48. The number of aromatic nitrogens is 1. The minimum Gasteiger partial charge on any atom is -0.376 e. The summed E-state index contributed by atoms with van der Waals surface area (Å²) >= 11 is 1.65. The third-order valence-corrected chi connectivity index (χ3v) is 8.51. The van der Waals surface area contributed by atoms with Gasteiger partial charge in [0.25, 0.3) is 0 Å². The quantitative estimate of drug-likeness (QED) is 0.649. The number of ether oxygens (including phenoxy) is 1. The Kier molecular flexibility index (Phi) is 6.82. The second kappa shape index (κ2) is 9.55. The van der Waals surface area contributed by atoms with Crippen LogP contribution >= 0.6 is 11.3 Å². The van der Waals surface area contributed by atoms with Crippen LogP contribution in [0.3, 0.4) is 0 Å². The zero-order valence-corrected chi connectivity index (χ0v) is 18.5. The van der Waals surface area contributed by atoms with E-state index in [0.717, 1.165) is 24.3 Å². The molecule has 4 heterocycles. The van der Waals surface area contributed by atoms with Crippen molar-refractivity contribution in [3.05, 3.63) is 46.9 Å². The highest BCUT2D eigenvalue weighted by Crippen LogP contribution is 2.27. The van der Waals surface area contributed by atoms with Crippen LogP contribution in [0.1, 0.15) is 30.6 Å². The van der Waals surface area contributed by atoms with Crippen LogP contribution in [-0.4, -0.2) is 60.9 Å². The molecule has 2 aliphatic rings. The van der Waals surface area contributed by atoms with Crippen molar-refractivity contribution in [3.63, 3.8) is 0 Å². The Hall–Kier alpha value is -1.81. The van der Waals surface area contributed by atoms with Gasteiger partial charge in [0.05, 0.1) is 12.6 Å². The predicted octanol–water partition coefficient (Wildman–Crippen LogP) is 2.75. The lowest BCUT2D eigenvalue weighted by molar-refractivity contribution is -0.139. The first-order valence-electron chi connectivity index (χ1n) is 10.4. The van der Waals surface area contributed by atoms with E-state index in [1.807, 2.05) is 22.4 Å². The summed E-state index contributed by atoms with van der Waals surface area (Å²) in [6, 6.07) is 7.22. The maximum absolute atomic E-state index is 13.3. The lowest BCUT2D eigenvalue weighted by Crippen LogP contribution is -2.45. The predicted molar refractivity (Wildman–Crippen MR) is 114 cm³/mol. The molecule has 162 valence electrons. The van der Waals surface area contributed by atoms with Crippen molar-refractivity contribution in [1.82, 2.24) is 14.2 Å². The Balaban J connectivity index is 1.40. The van der Waals surface area contributed by atoms with Gasteiger partial charge in [0.15, 0.2) is 0 Å². The number of carbonyl (C=O) groups is 1. The summed E-state index contributed by atoms with van der Waals surface area (Å²) < 4.78 is 32.9. The highest BCUT2D eigenvalue weighted by Gasteiger charge is 2.35. The molecule has 2 aliphatic heterocycles. The van der Waals surface area contributed by atoms with Crippen molar-refractivity contribution in [1.29, 1.82) is 0 Å². The van der Waals surface area contributed by atoms with Gasteiger partial charge in [-0.2, -0.15) is 4.31 Å². The van der Waals surface area contributed by atoms with Crippen LogP contribution in [0.4, 0.5) is 0 Å². The van der Waals surface area contributed by atoms with E-state index in [1.165, 1.54) is 10.5 Å². The van der Waals surface area contributed by atoms with E-state index < -0.39 is 10.0 Å². The van der Waals surface area contributed by atoms with Gasteiger partial charge in [-0.1, -0.05) is 6.07 Å². The van der Waals surface area contributed by atoms with Crippen LogP contribution in [0.25, 0.3) is 0 Å². The zero-order chi connectivity index (χ0) is 21.0. The molecule has 0 aromatic carbocycles. The van der Waals surface area contributed by atoms with Crippen molar-refractivity contribution in [2.24, 2.45) is 5.92 Å². The molecule has 4 rings (SSSR count). The molecule has 1 amide bonds. The number of pyridine rings is 1. The standard InChI is InChI=1S/C21H27N3O4S2/c25-21(23(15-18-4-2-12-28-18)16-19-5-3-13-29-19)17-7-10-24(11-8-17)30(26,27)20-6-1-9-22-14-20/h1,3,5-6,9,13-14,17-18H,2,4,7-8,10-12,15-16H2. The van der Waals surface area contributed by atoms with Crippen LogP contribution in [0, 0.1) is 5.92 Å². The Labute approximate surface area is 181 Å². The van der Waals surface area contributed by atoms with Gasteiger partial charge >= 0.3 is 0 Å². The second-order valence-corrected chi connectivity index (χ2v) is 10.8. The van der Waals surface area contributed by atoms with Gasteiger partial charge in [0.1, 0.15) is 4.90 Å². The molecule has 0 bridgehead atoms. The highest BCUT2D eigenvalue weighted by atomic mass is 32.2. The lowest BCUT2D eigenvalue weighted by Gasteiger charge is -2.34. The number of thiophene rings is 1. The average molecular weight is 450 g/mol. The molecule has 2 fully saturated rings. The summed E-state index contributed by atoms with van der Waals surface area (Å²) in [6.07, 6.45) is 6.11. The second-order valence-electron chi connectivity index (χ2n) is 7.80. The number of hydrogen-bond donors (Lipinski definition) is 0. The molecule has 1 unspecified atom stereocenters. The SMILES string of the molecule is O=C(C1CCN(S(=O)(=O)c2cccnc2)CC1)N(Cc1cccs1)CC1CCCO1. The Bertz CT molecular complexity index is 920. The molecule has 0 aliphatic carbocycles. The molecule has 2 saturated heterocycles. The van der Waals surface area contributed by atoms with E-state index >= 15 is 0 Å². The molecule has 1 atom stereocenters. The number of sulfonamides is 1. The summed E-state index contributed by atoms with van der Waals surface area (Å²) in [4.78, 5) is 20.5. The molecule has 0 spiro atoms. The summed E-state index contributed by atoms with van der Waals surface area (Å²) in [5, 5.41) is 2.02. The zero-order valence-electron chi connectivity index (χ0n) is 16.9. The van der Waals surface area contributed by atoms with Gasteiger partial charge in [-0.15, -0.1) is 11.3 Å². The van der Waals surface area contributed by atoms with Gasteiger partial charge in [-0.25, -0.2) is 8.42 Å². The fourth-order valence-electron chi connectivity index (χ4n) is 4.11. The molecule has 0 radical (unpaired) electrons.